The molecule has 0 amide bonds. The van der Waals surface area contributed by atoms with Crippen LogP contribution < -0.4 is 0 Å². The SMILES string of the molecule is CCOC(=O)[CH-]C(C)=O.CC[CH]=[Ti+2].O.O.[CH2-]C(=O)CC(=O)OCC. The molecule has 0 rings (SSSR count). The van der Waals surface area contributed by atoms with Crippen LogP contribution in [0.1, 0.15) is 40.5 Å². The number of hydrogen-bond donors (Lipinski definition) is 0. The number of hydrogen-bond acceptors (Lipinski definition) is 6. The van der Waals surface area contributed by atoms with Crippen molar-refractivity contribution < 1.29 is 59.6 Å². The molecule has 9 heteroatoms. The topological polar surface area (TPSA) is 150 Å². The Morgan fingerprint density at radius 1 is 1.04 bits per heavy atom. The average Bonchev–Trinajstić information content (AvgIpc) is 2.38. The Labute approximate surface area is 154 Å². The van der Waals surface area contributed by atoms with Gasteiger partial charge >= 0.3 is 43.6 Å². The third-order valence-electron chi connectivity index (χ3n) is 1.46. The molecule has 0 radical (unpaired) electrons. The van der Waals surface area contributed by atoms with Gasteiger partial charge in [0, 0.05) is 11.6 Å². The Morgan fingerprint density at radius 2 is 1.46 bits per heavy atom. The van der Waals surface area contributed by atoms with Crippen molar-refractivity contribution in [2.75, 3.05) is 13.2 Å². The van der Waals surface area contributed by atoms with Crippen LogP contribution >= 0.6 is 0 Å². The zero-order chi connectivity index (χ0) is 18.0. The van der Waals surface area contributed by atoms with Gasteiger partial charge in [0.15, 0.2) is 5.97 Å². The van der Waals surface area contributed by atoms with Gasteiger partial charge in [-0.15, -0.1) is 0 Å². The fourth-order valence-corrected chi connectivity index (χ4v) is 0.723. The van der Waals surface area contributed by atoms with E-state index >= 15 is 0 Å². The number of ketones is 2. The summed E-state index contributed by atoms with van der Waals surface area (Å²) in [6, 6.07) is 0. The number of Topliss-reactive ketones (excluding diaryl/α,β-unsaturated/α-hetero) is 2. The summed E-state index contributed by atoms with van der Waals surface area (Å²) in [7, 11) is 0. The van der Waals surface area contributed by atoms with Gasteiger partial charge in [-0.3, -0.25) is 9.59 Å². The summed E-state index contributed by atoms with van der Waals surface area (Å²) in [6.07, 6.45) is 1.90. The Balaban J connectivity index is -0.0000000771. The maximum atomic E-state index is 10.4. The van der Waals surface area contributed by atoms with Crippen LogP contribution in [0.2, 0.25) is 0 Å². The standard InChI is InChI=1S/2C6H9O3.C3H6.2H2O.Ti/c2*1-3-9-6(8)4-5(2)7;1-3-2;;;/h4H,3H2,1-2H3;2-4H2,1H3;1H,3H2,2H3;2*1H2;/q2*-1;;;;+2. The Morgan fingerprint density at radius 3 is 1.71 bits per heavy atom. The van der Waals surface area contributed by atoms with E-state index < -0.39 is 17.7 Å². The summed E-state index contributed by atoms with van der Waals surface area (Å²) < 4.78 is 11.0. The first kappa shape index (κ1) is 34.0. The van der Waals surface area contributed by atoms with E-state index in [0.717, 1.165) is 6.42 Å². The molecule has 24 heavy (non-hydrogen) atoms. The molecule has 0 heterocycles. The van der Waals surface area contributed by atoms with Crippen molar-refractivity contribution in [2.24, 2.45) is 0 Å². The average molecular weight is 384 g/mol. The van der Waals surface area contributed by atoms with E-state index in [1.54, 1.807) is 13.8 Å². The zero-order valence-electron chi connectivity index (χ0n) is 14.6. The van der Waals surface area contributed by atoms with Crippen LogP contribution in [0.5, 0.6) is 0 Å². The van der Waals surface area contributed by atoms with Crippen molar-refractivity contribution in [3.05, 3.63) is 13.3 Å². The monoisotopic (exact) mass is 384 g/mol. The van der Waals surface area contributed by atoms with Gasteiger partial charge in [0.05, 0.1) is 19.6 Å². The van der Waals surface area contributed by atoms with Gasteiger partial charge in [0.2, 0.25) is 0 Å². The van der Waals surface area contributed by atoms with Crippen molar-refractivity contribution >= 4 is 27.8 Å². The van der Waals surface area contributed by atoms with Crippen LogP contribution in [0.25, 0.3) is 0 Å². The molecular formula is C15H28O8Ti. The molecule has 0 aliphatic carbocycles. The van der Waals surface area contributed by atoms with E-state index in [0.29, 0.717) is 13.2 Å². The molecule has 0 aromatic heterocycles. The predicted octanol–water partition coefficient (Wildman–Crippen LogP) is -0.218. The molecule has 0 aromatic carbocycles. The first-order valence-electron chi connectivity index (χ1n) is 6.76. The largest absolute Gasteiger partial charge is 0.466 e. The van der Waals surface area contributed by atoms with Crippen molar-refractivity contribution in [3.8, 4) is 0 Å². The summed E-state index contributed by atoms with van der Waals surface area (Å²) in [5.74, 6) is -1.76. The maximum Gasteiger partial charge on any atom is 0.310 e. The molecular weight excluding hydrogens is 356 g/mol. The second-order valence-corrected chi connectivity index (χ2v) is 4.28. The first-order chi connectivity index (χ1) is 10.2. The Bertz CT molecular complexity index is 325. The molecule has 0 spiro atoms. The van der Waals surface area contributed by atoms with Crippen molar-refractivity contribution in [1.82, 2.24) is 0 Å². The van der Waals surface area contributed by atoms with Crippen LogP contribution in [-0.2, 0) is 48.6 Å². The molecule has 0 aromatic rings. The molecule has 0 unspecified atom stereocenters. The number of carbonyl (C=O) groups is 4. The molecule has 0 aliphatic heterocycles. The first-order valence-corrected chi connectivity index (χ1v) is 7.66. The minimum atomic E-state index is -0.565. The van der Waals surface area contributed by atoms with Crippen LogP contribution in [0.4, 0.5) is 0 Å². The summed E-state index contributed by atoms with van der Waals surface area (Å²) in [5.41, 5.74) is 0. The summed E-state index contributed by atoms with van der Waals surface area (Å²) in [6.45, 7) is 10.4. The summed E-state index contributed by atoms with van der Waals surface area (Å²) >= 11 is 2.06. The molecule has 8 nitrogen and oxygen atoms in total. The normalized spacial score (nSPS) is 7.42. The second kappa shape index (κ2) is 26.4. The maximum absolute atomic E-state index is 10.4. The van der Waals surface area contributed by atoms with Crippen LogP contribution in [0, 0.1) is 13.3 Å². The number of rotatable bonds is 7. The molecule has 4 N–H and O–H groups in total. The quantitative estimate of drug-likeness (QED) is 0.256. The van der Waals surface area contributed by atoms with Gasteiger partial charge in [0.1, 0.15) is 0 Å². The van der Waals surface area contributed by atoms with E-state index in [9.17, 15) is 19.2 Å². The smallest absolute Gasteiger partial charge is 0.310 e. The van der Waals surface area contributed by atoms with Gasteiger partial charge < -0.3 is 36.9 Å². The minimum Gasteiger partial charge on any atom is -0.466 e. The van der Waals surface area contributed by atoms with Gasteiger partial charge in [-0.25, -0.2) is 6.42 Å². The number of carbonyl (C=O) groups excluding carboxylic acids is 4. The molecule has 0 saturated carbocycles. The van der Waals surface area contributed by atoms with Gasteiger partial charge in [-0.05, 0) is 20.8 Å². The molecule has 0 saturated heterocycles. The zero-order valence-corrected chi connectivity index (χ0v) is 16.2. The third kappa shape index (κ3) is 42.8. The molecule has 0 aliphatic rings. The van der Waals surface area contributed by atoms with E-state index in [1.165, 1.54) is 13.3 Å². The molecule has 0 fully saturated rings. The van der Waals surface area contributed by atoms with E-state index in [2.05, 4.69) is 47.6 Å². The van der Waals surface area contributed by atoms with Crippen LogP contribution in [-0.4, -0.2) is 52.0 Å². The number of ether oxygens (including phenoxy) is 2. The fourth-order valence-electron chi connectivity index (χ4n) is 0.723. The van der Waals surface area contributed by atoms with E-state index in [4.69, 9.17) is 0 Å². The van der Waals surface area contributed by atoms with Gasteiger partial charge in [0.25, 0.3) is 0 Å². The third-order valence-corrected chi connectivity index (χ3v) is 2.10. The summed E-state index contributed by atoms with van der Waals surface area (Å²) in [4.78, 5) is 41.0. The van der Waals surface area contributed by atoms with Gasteiger partial charge in [-0.2, -0.15) is 0 Å². The summed E-state index contributed by atoms with van der Waals surface area (Å²) in [5, 5.41) is 0. The van der Waals surface area contributed by atoms with Crippen LogP contribution in [0.3, 0.4) is 0 Å². The molecule has 0 atom stereocenters. The van der Waals surface area contributed by atoms with Crippen LogP contribution in [0.15, 0.2) is 0 Å². The second-order valence-electron chi connectivity index (χ2n) is 3.64. The Kier molecular flexibility index (Phi) is 37.4. The van der Waals surface area contributed by atoms with Crippen molar-refractivity contribution in [1.29, 1.82) is 0 Å². The van der Waals surface area contributed by atoms with E-state index in [1.807, 2.05) is 0 Å². The van der Waals surface area contributed by atoms with Crippen molar-refractivity contribution in [3.63, 3.8) is 0 Å². The predicted molar refractivity (Wildman–Crippen MR) is 86.8 cm³/mol. The fraction of sp³-hybridized carbons (Fsp3) is 0.533. The minimum absolute atomic E-state index is 0. The Hall–Kier alpha value is -1.48. The molecule has 140 valence electrons. The number of esters is 2. The van der Waals surface area contributed by atoms with Crippen molar-refractivity contribution in [2.45, 2.75) is 40.5 Å². The molecule has 0 bridgehead atoms. The van der Waals surface area contributed by atoms with E-state index in [-0.39, 0.29) is 23.2 Å². The van der Waals surface area contributed by atoms with Gasteiger partial charge in [-0.1, -0.05) is 0 Å².